The molecule has 0 aliphatic carbocycles. The first-order valence-corrected chi connectivity index (χ1v) is 9.60. The van der Waals surface area contributed by atoms with Crippen molar-refractivity contribution in [2.24, 2.45) is 10.9 Å². The van der Waals surface area contributed by atoms with Crippen LogP contribution in [-0.2, 0) is 4.74 Å². The predicted molar refractivity (Wildman–Crippen MR) is 95.7 cm³/mol. The second-order valence-corrected chi connectivity index (χ2v) is 7.28. The summed E-state index contributed by atoms with van der Waals surface area (Å²) in [5.41, 5.74) is -0.626. The molecule has 1 fully saturated rings. The van der Waals surface area contributed by atoms with Crippen molar-refractivity contribution in [3.63, 3.8) is 0 Å². The largest absolute Gasteiger partial charge is 0.387 e. The average Bonchev–Trinajstić information content (AvgIpc) is 2.91. The molecule has 22 heavy (non-hydrogen) atoms. The van der Waals surface area contributed by atoms with E-state index < -0.39 is 5.60 Å². The maximum atomic E-state index is 10.4. The number of nitrogens with zero attached hydrogens (tertiary/aromatic N) is 1. The fraction of sp³-hybridized carbons (Fsp3) is 0.938. The molecule has 1 aliphatic rings. The lowest BCUT2D eigenvalue weighted by molar-refractivity contribution is 0.0258. The Kier molecular flexibility index (Phi) is 9.21. The Labute approximate surface area is 139 Å². The Balaban J connectivity index is 2.42. The molecule has 0 aromatic rings. The summed E-state index contributed by atoms with van der Waals surface area (Å²) in [7, 11) is 0. The van der Waals surface area contributed by atoms with E-state index in [0.717, 1.165) is 50.0 Å². The van der Waals surface area contributed by atoms with Gasteiger partial charge in [0, 0.05) is 25.4 Å². The third-order valence-electron chi connectivity index (χ3n) is 3.80. The molecule has 0 spiro atoms. The zero-order valence-corrected chi connectivity index (χ0v) is 15.3. The van der Waals surface area contributed by atoms with Gasteiger partial charge in [-0.1, -0.05) is 13.8 Å². The van der Waals surface area contributed by atoms with Crippen molar-refractivity contribution in [1.29, 1.82) is 0 Å². The summed E-state index contributed by atoms with van der Waals surface area (Å²) in [4.78, 5) is 4.55. The fourth-order valence-electron chi connectivity index (χ4n) is 2.45. The van der Waals surface area contributed by atoms with Crippen molar-refractivity contribution < 1.29 is 9.84 Å². The molecule has 3 N–H and O–H groups in total. The van der Waals surface area contributed by atoms with Crippen molar-refractivity contribution in [2.45, 2.75) is 52.2 Å². The van der Waals surface area contributed by atoms with Gasteiger partial charge >= 0.3 is 0 Å². The number of rotatable bonds is 9. The SMILES string of the molecule is CCNC(=NCC1(O)CCSC1)NCCC(OCC)C(C)C. The molecule has 0 aromatic heterocycles. The van der Waals surface area contributed by atoms with Crippen molar-refractivity contribution in [2.75, 3.05) is 37.7 Å². The van der Waals surface area contributed by atoms with Crippen LogP contribution in [0.3, 0.4) is 0 Å². The Morgan fingerprint density at radius 3 is 2.68 bits per heavy atom. The summed E-state index contributed by atoms with van der Waals surface area (Å²) in [5.74, 6) is 3.11. The van der Waals surface area contributed by atoms with Gasteiger partial charge in [0.25, 0.3) is 0 Å². The summed E-state index contributed by atoms with van der Waals surface area (Å²) in [6.07, 6.45) is 2.06. The van der Waals surface area contributed by atoms with E-state index in [-0.39, 0.29) is 6.10 Å². The Bertz CT molecular complexity index is 331. The lowest BCUT2D eigenvalue weighted by atomic mass is 10.0. The van der Waals surface area contributed by atoms with E-state index >= 15 is 0 Å². The maximum Gasteiger partial charge on any atom is 0.191 e. The number of aliphatic imine (C=N–C) groups is 1. The highest BCUT2D eigenvalue weighted by Crippen LogP contribution is 2.27. The molecule has 0 amide bonds. The van der Waals surface area contributed by atoms with E-state index in [0.29, 0.717) is 12.5 Å². The lowest BCUT2D eigenvalue weighted by Crippen LogP contribution is -2.41. The summed E-state index contributed by atoms with van der Waals surface area (Å²) in [6.45, 7) is 11.3. The summed E-state index contributed by atoms with van der Waals surface area (Å²) in [5, 5.41) is 16.9. The highest BCUT2D eigenvalue weighted by Gasteiger charge is 2.31. The molecule has 2 unspecified atom stereocenters. The van der Waals surface area contributed by atoms with Crippen LogP contribution in [-0.4, -0.2) is 60.5 Å². The average molecular weight is 332 g/mol. The van der Waals surface area contributed by atoms with Crippen LogP contribution in [0.1, 0.15) is 40.5 Å². The number of thioether (sulfide) groups is 1. The molecule has 1 saturated heterocycles. The number of ether oxygens (including phenoxy) is 1. The molecule has 1 rings (SSSR count). The molecule has 130 valence electrons. The van der Waals surface area contributed by atoms with Gasteiger partial charge in [0.2, 0.25) is 0 Å². The van der Waals surface area contributed by atoms with Crippen molar-refractivity contribution in [3.8, 4) is 0 Å². The zero-order chi connectivity index (χ0) is 16.4. The first-order valence-electron chi connectivity index (χ1n) is 8.44. The van der Waals surface area contributed by atoms with Gasteiger partial charge < -0.3 is 20.5 Å². The first-order chi connectivity index (χ1) is 10.5. The quantitative estimate of drug-likeness (QED) is 0.444. The lowest BCUT2D eigenvalue weighted by Gasteiger charge is -2.22. The molecule has 1 aliphatic heterocycles. The predicted octanol–water partition coefficient (Wildman–Crippen LogP) is 1.86. The van der Waals surface area contributed by atoms with Crippen LogP contribution in [0, 0.1) is 5.92 Å². The third kappa shape index (κ3) is 7.20. The van der Waals surface area contributed by atoms with E-state index in [1.54, 1.807) is 11.8 Å². The van der Waals surface area contributed by atoms with E-state index in [9.17, 15) is 5.11 Å². The van der Waals surface area contributed by atoms with Gasteiger partial charge in [0.15, 0.2) is 5.96 Å². The monoisotopic (exact) mass is 331 g/mol. The van der Waals surface area contributed by atoms with Gasteiger partial charge in [-0.25, -0.2) is 0 Å². The van der Waals surface area contributed by atoms with E-state index in [1.807, 2.05) is 6.92 Å². The number of guanidine groups is 1. The standard InChI is InChI=1S/C16H33N3O2S/c1-5-17-15(19-11-16(20)8-10-22-12-16)18-9-7-14(13(3)4)21-6-2/h13-14,20H,5-12H2,1-4H3,(H2,17,18,19). The fourth-order valence-corrected chi connectivity index (χ4v) is 3.73. The van der Waals surface area contributed by atoms with Crippen LogP contribution >= 0.6 is 11.8 Å². The summed E-state index contributed by atoms with van der Waals surface area (Å²) in [6, 6.07) is 0. The highest BCUT2D eigenvalue weighted by atomic mass is 32.2. The van der Waals surface area contributed by atoms with E-state index in [2.05, 4.69) is 36.4 Å². The third-order valence-corrected chi connectivity index (χ3v) is 5.04. The molecule has 0 radical (unpaired) electrons. The topological polar surface area (TPSA) is 65.9 Å². The van der Waals surface area contributed by atoms with Gasteiger partial charge in [-0.15, -0.1) is 0 Å². The smallest absolute Gasteiger partial charge is 0.191 e. The normalized spacial score (nSPS) is 23.8. The van der Waals surface area contributed by atoms with Crippen LogP contribution in [0.2, 0.25) is 0 Å². The van der Waals surface area contributed by atoms with E-state index in [1.165, 1.54) is 0 Å². The van der Waals surface area contributed by atoms with Crippen LogP contribution < -0.4 is 10.6 Å². The first kappa shape index (κ1) is 19.6. The van der Waals surface area contributed by atoms with Crippen LogP contribution in [0.5, 0.6) is 0 Å². The molecule has 0 aromatic carbocycles. The van der Waals surface area contributed by atoms with Gasteiger partial charge in [0.05, 0.1) is 18.2 Å². The van der Waals surface area contributed by atoms with Gasteiger partial charge in [-0.3, -0.25) is 4.99 Å². The second-order valence-electron chi connectivity index (χ2n) is 6.18. The van der Waals surface area contributed by atoms with Crippen molar-refractivity contribution in [1.82, 2.24) is 10.6 Å². The minimum absolute atomic E-state index is 0.274. The summed E-state index contributed by atoms with van der Waals surface area (Å²) >= 11 is 1.80. The van der Waals surface area contributed by atoms with Crippen molar-refractivity contribution >= 4 is 17.7 Å². The zero-order valence-electron chi connectivity index (χ0n) is 14.5. The second kappa shape index (κ2) is 10.3. The number of aliphatic hydroxyl groups is 1. The summed E-state index contributed by atoms with van der Waals surface area (Å²) < 4.78 is 5.76. The minimum Gasteiger partial charge on any atom is -0.387 e. The Morgan fingerprint density at radius 1 is 1.36 bits per heavy atom. The Morgan fingerprint density at radius 2 is 2.14 bits per heavy atom. The van der Waals surface area contributed by atoms with Gasteiger partial charge in [-0.2, -0.15) is 11.8 Å². The van der Waals surface area contributed by atoms with Crippen LogP contribution in [0.25, 0.3) is 0 Å². The molecule has 0 saturated carbocycles. The van der Waals surface area contributed by atoms with Gasteiger partial charge in [-0.05, 0) is 38.4 Å². The molecular formula is C16H33N3O2S. The molecule has 6 heteroatoms. The minimum atomic E-state index is -0.626. The molecular weight excluding hydrogens is 298 g/mol. The number of nitrogens with one attached hydrogen (secondary N) is 2. The van der Waals surface area contributed by atoms with Gasteiger partial charge in [0.1, 0.15) is 0 Å². The van der Waals surface area contributed by atoms with Crippen LogP contribution in [0.4, 0.5) is 0 Å². The maximum absolute atomic E-state index is 10.4. The molecule has 2 atom stereocenters. The Hall–Kier alpha value is -0.460. The number of hydrogen-bond acceptors (Lipinski definition) is 4. The molecule has 5 nitrogen and oxygen atoms in total. The molecule has 1 heterocycles. The van der Waals surface area contributed by atoms with E-state index in [4.69, 9.17) is 4.74 Å². The molecule has 0 bridgehead atoms. The number of hydrogen-bond donors (Lipinski definition) is 3. The van der Waals surface area contributed by atoms with Crippen LogP contribution in [0.15, 0.2) is 4.99 Å². The van der Waals surface area contributed by atoms with Crippen molar-refractivity contribution in [3.05, 3.63) is 0 Å². The highest BCUT2D eigenvalue weighted by molar-refractivity contribution is 7.99.